The van der Waals surface area contributed by atoms with Gasteiger partial charge in [0.15, 0.2) is 12.2 Å². The molecule has 0 heterocycles. The number of phosphoric acid groups is 2. The maximum atomic E-state index is 13.1. The van der Waals surface area contributed by atoms with Crippen LogP contribution in [0.25, 0.3) is 0 Å². The number of carbonyl (C=O) groups is 4. The predicted molar refractivity (Wildman–Crippen MR) is 423 cm³/mol. The number of rotatable bonds is 85. The third kappa shape index (κ3) is 78.0. The minimum Gasteiger partial charge on any atom is -0.462 e. The number of aliphatic hydroxyl groups excluding tert-OH is 1. The lowest BCUT2D eigenvalue weighted by Gasteiger charge is -2.21. The van der Waals surface area contributed by atoms with Gasteiger partial charge in [-0.15, -0.1) is 0 Å². The van der Waals surface area contributed by atoms with Crippen LogP contribution in [0, 0.1) is 0 Å². The van der Waals surface area contributed by atoms with E-state index >= 15 is 0 Å². The number of esters is 4. The SMILES string of the molecule is CCCCCCCCCCCCCCCCCCCCCCCCC(=O)O[C@H](COC(=O)CCCCCCCCCCCCCCCCCCCC)COP(=O)(O)OC[C@@H](O)COP(=O)(O)OC[C@@H](COC(=O)CCCCCCCCCC)OC(=O)CCCCCCCCCCCCCCCCC. The van der Waals surface area contributed by atoms with Crippen molar-refractivity contribution in [3.63, 3.8) is 0 Å². The Hall–Kier alpha value is -1.94. The van der Waals surface area contributed by atoms with E-state index in [1.54, 1.807) is 0 Å². The van der Waals surface area contributed by atoms with Crippen molar-refractivity contribution in [1.29, 1.82) is 0 Å². The number of aliphatic hydroxyl groups is 1. The summed E-state index contributed by atoms with van der Waals surface area (Å²) in [5.41, 5.74) is 0. The normalized spacial score (nSPS) is 13.7. The molecular weight excluding hydrogens is 1340 g/mol. The summed E-state index contributed by atoms with van der Waals surface area (Å²) in [5.74, 6) is -2.10. The highest BCUT2D eigenvalue weighted by molar-refractivity contribution is 7.47. The molecule has 103 heavy (non-hydrogen) atoms. The number of phosphoric ester groups is 2. The maximum absolute atomic E-state index is 13.1. The Balaban J connectivity index is 5.18. The number of hydrogen-bond acceptors (Lipinski definition) is 15. The molecule has 0 amide bonds. The van der Waals surface area contributed by atoms with Gasteiger partial charge >= 0.3 is 39.5 Å². The van der Waals surface area contributed by atoms with E-state index in [-0.39, 0.29) is 25.7 Å². The van der Waals surface area contributed by atoms with Crippen molar-refractivity contribution in [2.45, 2.75) is 476 Å². The zero-order valence-corrected chi connectivity index (χ0v) is 69.1. The van der Waals surface area contributed by atoms with Gasteiger partial charge in [0, 0.05) is 25.7 Å². The van der Waals surface area contributed by atoms with Crippen LogP contribution < -0.4 is 0 Å². The molecule has 0 aromatic heterocycles. The van der Waals surface area contributed by atoms with Crippen LogP contribution in [-0.4, -0.2) is 96.7 Å². The average molecular weight is 1510 g/mol. The van der Waals surface area contributed by atoms with Crippen molar-refractivity contribution in [1.82, 2.24) is 0 Å². The molecule has 3 N–H and O–H groups in total. The highest BCUT2D eigenvalue weighted by atomic mass is 31.2. The fourth-order valence-electron chi connectivity index (χ4n) is 13.2. The molecule has 0 saturated carbocycles. The predicted octanol–water partition coefficient (Wildman–Crippen LogP) is 25.7. The van der Waals surface area contributed by atoms with E-state index < -0.39 is 97.5 Å². The minimum absolute atomic E-state index is 0.109. The molecule has 0 aliphatic carbocycles. The first kappa shape index (κ1) is 101. The number of carbonyl (C=O) groups excluding carboxylic acids is 4. The lowest BCUT2D eigenvalue weighted by atomic mass is 10.0. The van der Waals surface area contributed by atoms with Gasteiger partial charge in [-0.1, -0.05) is 407 Å². The Morgan fingerprint density at radius 3 is 0.573 bits per heavy atom. The van der Waals surface area contributed by atoms with Crippen LogP contribution in [0.1, 0.15) is 458 Å². The summed E-state index contributed by atoms with van der Waals surface area (Å²) < 4.78 is 68.7. The van der Waals surface area contributed by atoms with Crippen LogP contribution in [0.3, 0.4) is 0 Å². The smallest absolute Gasteiger partial charge is 0.462 e. The van der Waals surface area contributed by atoms with E-state index in [9.17, 15) is 43.2 Å². The molecule has 17 nitrogen and oxygen atoms in total. The van der Waals surface area contributed by atoms with E-state index in [1.165, 1.54) is 289 Å². The Kier molecular flexibility index (Phi) is 76.7. The highest BCUT2D eigenvalue weighted by Gasteiger charge is 2.30. The minimum atomic E-state index is -4.96. The van der Waals surface area contributed by atoms with E-state index in [0.29, 0.717) is 25.7 Å². The van der Waals surface area contributed by atoms with Gasteiger partial charge in [0.2, 0.25) is 0 Å². The Labute approximate surface area is 632 Å². The molecule has 2 unspecified atom stereocenters. The van der Waals surface area contributed by atoms with Gasteiger partial charge in [-0.25, -0.2) is 9.13 Å². The zero-order valence-electron chi connectivity index (χ0n) is 67.3. The van der Waals surface area contributed by atoms with Crippen LogP contribution in [0.15, 0.2) is 0 Å². The molecule has 0 aliphatic heterocycles. The summed E-state index contributed by atoms with van der Waals surface area (Å²) in [5, 5.41) is 10.6. The summed E-state index contributed by atoms with van der Waals surface area (Å²) in [6.07, 6.45) is 72.4. The third-order valence-corrected chi connectivity index (χ3v) is 21.8. The van der Waals surface area contributed by atoms with E-state index in [2.05, 4.69) is 27.7 Å². The van der Waals surface area contributed by atoms with Gasteiger partial charge in [-0.3, -0.25) is 37.3 Å². The second-order valence-electron chi connectivity index (χ2n) is 30.2. The summed E-state index contributed by atoms with van der Waals surface area (Å²) >= 11 is 0. The first-order chi connectivity index (χ1) is 50.2. The van der Waals surface area contributed by atoms with E-state index in [1.807, 2.05) is 0 Å². The largest absolute Gasteiger partial charge is 0.472 e. The van der Waals surface area contributed by atoms with Crippen LogP contribution in [0.5, 0.6) is 0 Å². The van der Waals surface area contributed by atoms with E-state index in [4.69, 9.17) is 37.0 Å². The van der Waals surface area contributed by atoms with Gasteiger partial charge in [0.1, 0.15) is 19.3 Å². The topological polar surface area (TPSA) is 237 Å². The van der Waals surface area contributed by atoms with Crippen LogP contribution >= 0.6 is 15.6 Å². The first-order valence-corrected chi connectivity index (χ1v) is 46.8. The molecule has 0 aromatic rings. The molecule has 0 fully saturated rings. The molecule has 0 rings (SSSR count). The molecule has 0 radical (unpaired) electrons. The van der Waals surface area contributed by atoms with Crippen molar-refractivity contribution in [3.05, 3.63) is 0 Å². The second-order valence-corrected chi connectivity index (χ2v) is 33.1. The molecular formula is C84H164O17P2. The lowest BCUT2D eigenvalue weighted by Crippen LogP contribution is -2.30. The highest BCUT2D eigenvalue weighted by Crippen LogP contribution is 2.45. The van der Waals surface area contributed by atoms with Crippen LogP contribution in [0.2, 0.25) is 0 Å². The van der Waals surface area contributed by atoms with Crippen molar-refractivity contribution >= 4 is 39.5 Å². The quantitative estimate of drug-likeness (QED) is 0.0222. The van der Waals surface area contributed by atoms with Gasteiger partial charge < -0.3 is 33.8 Å². The Morgan fingerprint density at radius 1 is 0.233 bits per heavy atom. The van der Waals surface area contributed by atoms with Crippen molar-refractivity contribution in [2.24, 2.45) is 0 Å². The Morgan fingerprint density at radius 2 is 0.388 bits per heavy atom. The number of ether oxygens (including phenoxy) is 4. The Bertz CT molecular complexity index is 1950. The molecule has 0 spiro atoms. The van der Waals surface area contributed by atoms with Gasteiger partial charge in [0.25, 0.3) is 0 Å². The molecule has 612 valence electrons. The van der Waals surface area contributed by atoms with Crippen molar-refractivity contribution in [2.75, 3.05) is 39.6 Å². The fraction of sp³-hybridized carbons (Fsp3) is 0.952. The monoisotopic (exact) mass is 1510 g/mol. The summed E-state index contributed by atoms with van der Waals surface area (Å²) in [6.45, 7) is 5.02. The van der Waals surface area contributed by atoms with Crippen molar-refractivity contribution in [3.8, 4) is 0 Å². The lowest BCUT2D eigenvalue weighted by molar-refractivity contribution is -0.161. The number of unbranched alkanes of at least 4 members (excludes halogenated alkanes) is 59. The van der Waals surface area contributed by atoms with Gasteiger partial charge in [-0.2, -0.15) is 0 Å². The number of hydrogen-bond donors (Lipinski definition) is 3. The molecule has 0 aromatic carbocycles. The molecule has 19 heteroatoms. The fourth-order valence-corrected chi connectivity index (χ4v) is 14.7. The molecule has 0 bridgehead atoms. The van der Waals surface area contributed by atoms with Crippen LogP contribution in [0.4, 0.5) is 0 Å². The summed E-state index contributed by atoms with van der Waals surface area (Å²) in [7, 11) is -9.92. The maximum Gasteiger partial charge on any atom is 0.472 e. The zero-order chi connectivity index (χ0) is 75.3. The third-order valence-electron chi connectivity index (χ3n) is 19.9. The standard InChI is InChI=1S/C84H164O17P2/c1-5-9-13-17-21-25-28-31-34-36-38-39-40-41-43-46-49-52-55-59-63-67-71-84(89)101-80(75-95-82(87)69-65-61-57-53-50-47-45-42-37-35-32-29-26-22-18-14-10-6-2)77-99-103(92,93)97-73-78(85)72-96-102(90,91)98-76-79(74-94-81(86)68-64-60-56-24-20-16-12-8-4)100-83(88)70-66-62-58-54-51-48-44-33-30-27-23-19-15-11-7-3/h78-80,85H,5-77H2,1-4H3,(H,90,91)(H,92,93)/t78-,79+,80+/m0/s1. The average Bonchev–Trinajstić information content (AvgIpc) is 0.978. The molecule has 5 atom stereocenters. The van der Waals surface area contributed by atoms with Crippen molar-refractivity contribution < 1.29 is 80.2 Å². The summed E-state index contributed by atoms with van der Waals surface area (Å²) in [4.78, 5) is 73.0. The van der Waals surface area contributed by atoms with Gasteiger partial charge in [0.05, 0.1) is 26.4 Å². The first-order valence-electron chi connectivity index (χ1n) is 43.8. The second kappa shape index (κ2) is 78.2. The van der Waals surface area contributed by atoms with E-state index in [0.717, 1.165) is 89.9 Å². The summed E-state index contributed by atoms with van der Waals surface area (Å²) in [6, 6.07) is 0. The molecule has 0 saturated heterocycles. The molecule has 0 aliphatic rings. The van der Waals surface area contributed by atoms with Gasteiger partial charge in [-0.05, 0) is 25.7 Å². The van der Waals surface area contributed by atoms with Crippen LogP contribution in [-0.2, 0) is 65.4 Å².